The molecular weight excluding hydrogens is 271 g/mol. The van der Waals surface area contributed by atoms with Gasteiger partial charge in [-0.2, -0.15) is 0 Å². The molecule has 0 amide bonds. The summed E-state index contributed by atoms with van der Waals surface area (Å²) in [7, 11) is 0. The molecule has 1 fully saturated rings. The molecule has 21 heavy (non-hydrogen) atoms. The van der Waals surface area contributed by atoms with E-state index in [-0.39, 0.29) is 11.7 Å². The Morgan fingerprint density at radius 2 is 2.29 bits per heavy atom. The molecule has 0 saturated heterocycles. The fourth-order valence-electron chi connectivity index (χ4n) is 2.72. The van der Waals surface area contributed by atoms with Crippen LogP contribution in [-0.4, -0.2) is 17.2 Å². The number of ether oxygens (including phenoxy) is 1. The predicted octanol–water partition coefficient (Wildman–Crippen LogP) is 4.02. The largest absolute Gasteiger partial charge is 0.478 e. The molecule has 0 aromatic heterocycles. The highest BCUT2D eigenvalue weighted by Gasteiger charge is 2.19. The zero-order chi connectivity index (χ0) is 15.2. The third-order valence-electron chi connectivity index (χ3n) is 3.84. The topological polar surface area (TPSA) is 46.5 Å². The van der Waals surface area contributed by atoms with Crippen LogP contribution in [0.15, 0.2) is 24.3 Å². The quantitative estimate of drug-likeness (QED) is 0.834. The molecule has 1 aliphatic carbocycles. The molecular formula is C17H21FO3. The van der Waals surface area contributed by atoms with Crippen molar-refractivity contribution in [2.45, 2.75) is 45.3 Å². The summed E-state index contributed by atoms with van der Waals surface area (Å²) in [5.74, 6) is -0.819. The van der Waals surface area contributed by atoms with Gasteiger partial charge < -0.3 is 9.84 Å². The SMILES string of the molecule is CC1CCCC(OCc2ccc(F)c(C=CC(=O)O)c2)C1. The number of rotatable bonds is 5. The average molecular weight is 292 g/mol. The van der Waals surface area contributed by atoms with Crippen LogP contribution in [0.2, 0.25) is 0 Å². The molecule has 2 unspecified atom stereocenters. The third-order valence-corrected chi connectivity index (χ3v) is 3.84. The Labute approximate surface area is 124 Å². The van der Waals surface area contributed by atoms with Gasteiger partial charge in [0, 0.05) is 11.6 Å². The normalized spacial score (nSPS) is 22.6. The summed E-state index contributed by atoms with van der Waals surface area (Å²) in [6.45, 7) is 2.67. The summed E-state index contributed by atoms with van der Waals surface area (Å²) < 4.78 is 19.5. The molecule has 1 aromatic carbocycles. The summed E-state index contributed by atoms with van der Waals surface area (Å²) in [5.41, 5.74) is 1.13. The van der Waals surface area contributed by atoms with E-state index < -0.39 is 11.8 Å². The summed E-state index contributed by atoms with van der Waals surface area (Å²) >= 11 is 0. The van der Waals surface area contributed by atoms with Crippen LogP contribution in [0.5, 0.6) is 0 Å². The Balaban J connectivity index is 1.97. The Morgan fingerprint density at radius 1 is 1.48 bits per heavy atom. The van der Waals surface area contributed by atoms with Gasteiger partial charge in [-0.25, -0.2) is 9.18 Å². The fraction of sp³-hybridized carbons (Fsp3) is 0.471. The number of aliphatic carboxylic acids is 1. The summed E-state index contributed by atoms with van der Waals surface area (Å²) in [4.78, 5) is 10.5. The van der Waals surface area contributed by atoms with Gasteiger partial charge in [0.15, 0.2) is 0 Å². The lowest BCUT2D eigenvalue weighted by Gasteiger charge is -2.26. The van der Waals surface area contributed by atoms with Crippen LogP contribution in [0.25, 0.3) is 6.08 Å². The highest BCUT2D eigenvalue weighted by molar-refractivity contribution is 5.85. The summed E-state index contributed by atoms with van der Waals surface area (Å²) in [5, 5.41) is 8.60. The number of hydrogen-bond donors (Lipinski definition) is 1. The van der Waals surface area contributed by atoms with Crippen molar-refractivity contribution in [2.75, 3.05) is 0 Å². The minimum Gasteiger partial charge on any atom is -0.478 e. The van der Waals surface area contributed by atoms with Gasteiger partial charge >= 0.3 is 5.97 Å². The van der Waals surface area contributed by atoms with Gasteiger partial charge in [0.1, 0.15) is 5.82 Å². The maximum atomic E-state index is 13.6. The first kappa shape index (κ1) is 15.7. The summed E-state index contributed by atoms with van der Waals surface area (Å²) in [6, 6.07) is 4.67. The van der Waals surface area contributed by atoms with Crippen LogP contribution in [0.1, 0.15) is 43.7 Å². The van der Waals surface area contributed by atoms with Crippen molar-refractivity contribution >= 4 is 12.0 Å². The highest BCUT2D eigenvalue weighted by atomic mass is 19.1. The summed E-state index contributed by atoms with van der Waals surface area (Å²) in [6.07, 6.45) is 7.10. The Morgan fingerprint density at radius 3 is 3.00 bits per heavy atom. The molecule has 2 atom stereocenters. The van der Waals surface area contributed by atoms with Crippen molar-refractivity contribution in [3.63, 3.8) is 0 Å². The van der Waals surface area contributed by atoms with Crippen LogP contribution in [-0.2, 0) is 16.1 Å². The van der Waals surface area contributed by atoms with E-state index >= 15 is 0 Å². The van der Waals surface area contributed by atoms with Gasteiger partial charge in [-0.3, -0.25) is 0 Å². The van der Waals surface area contributed by atoms with Gasteiger partial charge in [-0.15, -0.1) is 0 Å². The smallest absolute Gasteiger partial charge is 0.328 e. The number of hydrogen-bond acceptors (Lipinski definition) is 2. The van der Waals surface area contributed by atoms with Crippen molar-refractivity contribution in [3.8, 4) is 0 Å². The lowest BCUT2D eigenvalue weighted by molar-refractivity contribution is -0.131. The van der Waals surface area contributed by atoms with Gasteiger partial charge in [0.05, 0.1) is 12.7 Å². The van der Waals surface area contributed by atoms with E-state index in [2.05, 4.69) is 6.92 Å². The number of carbonyl (C=O) groups is 1. The lowest BCUT2D eigenvalue weighted by Crippen LogP contribution is -2.21. The molecule has 4 heteroatoms. The van der Waals surface area contributed by atoms with Gasteiger partial charge in [-0.1, -0.05) is 25.8 Å². The standard InChI is InChI=1S/C17H21FO3/c1-12-3-2-4-15(9-12)21-11-13-5-7-16(18)14(10-13)6-8-17(19)20/h5-8,10,12,15H,2-4,9,11H2,1H3,(H,19,20). The van der Waals surface area contributed by atoms with Crippen molar-refractivity contribution in [3.05, 3.63) is 41.2 Å². The first-order valence-corrected chi connectivity index (χ1v) is 7.35. The molecule has 114 valence electrons. The molecule has 1 saturated carbocycles. The van der Waals surface area contributed by atoms with E-state index in [0.29, 0.717) is 12.5 Å². The Hall–Kier alpha value is -1.68. The minimum absolute atomic E-state index is 0.274. The first-order chi connectivity index (χ1) is 10.0. The average Bonchev–Trinajstić information content (AvgIpc) is 2.45. The van der Waals surface area contributed by atoms with E-state index in [1.807, 2.05) is 0 Å². The minimum atomic E-state index is -1.09. The third kappa shape index (κ3) is 4.97. The van der Waals surface area contributed by atoms with Gasteiger partial charge in [-0.05, 0) is 42.5 Å². The van der Waals surface area contributed by atoms with Crippen LogP contribution < -0.4 is 0 Å². The molecule has 2 rings (SSSR count). The van der Waals surface area contributed by atoms with Crippen LogP contribution in [0.3, 0.4) is 0 Å². The number of benzene rings is 1. The number of carboxylic acids is 1. The fourth-order valence-corrected chi connectivity index (χ4v) is 2.72. The second kappa shape index (κ2) is 7.36. The van der Waals surface area contributed by atoms with Crippen molar-refractivity contribution in [2.24, 2.45) is 5.92 Å². The van der Waals surface area contributed by atoms with Crippen LogP contribution in [0.4, 0.5) is 4.39 Å². The number of halogens is 1. The molecule has 1 N–H and O–H groups in total. The van der Waals surface area contributed by atoms with Crippen molar-refractivity contribution < 1.29 is 19.0 Å². The maximum Gasteiger partial charge on any atom is 0.328 e. The molecule has 0 spiro atoms. The Bertz CT molecular complexity index is 525. The van der Waals surface area contributed by atoms with Gasteiger partial charge in [0.2, 0.25) is 0 Å². The second-order valence-corrected chi connectivity index (χ2v) is 5.73. The zero-order valence-corrected chi connectivity index (χ0v) is 12.2. The monoisotopic (exact) mass is 292 g/mol. The van der Waals surface area contributed by atoms with Gasteiger partial charge in [0.25, 0.3) is 0 Å². The molecule has 0 aliphatic heterocycles. The first-order valence-electron chi connectivity index (χ1n) is 7.35. The Kier molecular flexibility index (Phi) is 5.51. The molecule has 3 nitrogen and oxygen atoms in total. The molecule has 1 aliphatic rings. The highest BCUT2D eigenvalue weighted by Crippen LogP contribution is 2.26. The van der Waals surface area contributed by atoms with E-state index in [1.165, 1.54) is 25.0 Å². The van der Waals surface area contributed by atoms with Crippen molar-refractivity contribution in [1.82, 2.24) is 0 Å². The van der Waals surface area contributed by atoms with Crippen molar-refractivity contribution in [1.29, 1.82) is 0 Å². The molecule has 0 heterocycles. The maximum absolute atomic E-state index is 13.6. The van der Waals surface area contributed by atoms with E-state index in [1.54, 1.807) is 12.1 Å². The van der Waals surface area contributed by atoms with Crippen LogP contribution in [0, 0.1) is 11.7 Å². The molecule has 0 radical (unpaired) electrons. The molecule has 0 bridgehead atoms. The molecule has 1 aromatic rings. The van der Waals surface area contributed by atoms with E-state index in [4.69, 9.17) is 9.84 Å². The predicted molar refractivity (Wildman–Crippen MR) is 79.3 cm³/mol. The van der Waals surface area contributed by atoms with E-state index in [9.17, 15) is 9.18 Å². The number of carboxylic acid groups (broad SMARTS) is 1. The second-order valence-electron chi connectivity index (χ2n) is 5.73. The lowest BCUT2D eigenvalue weighted by atomic mass is 9.89. The van der Waals surface area contributed by atoms with Crippen LogP contribution >= 0.6 is 0 Å². The van der Waals surface area contributed by atoms with E-state index in [0.717, 1.165) is 24.5 Å². The zero-order valence-electron chi connectivity index (χ0n) is 12.2.